The van der Waals surface area contributed by atoms with E-state index in [4.69, 9.17) is 14.2 Å². The van der Waals surface area contributed by atoms with Crippen molar-refractivity contribution in [1.82, 2.24) is 4.72 Å². The van der Waals surface area contributed by atoms with Gasteiger partial charge in [0.2, 0.25) is 10.0 Å². The first-order valence-electron chi connectivity index (χ1n) is 13.2. The fraction of sp³-hybridized carbons (Fsp3) is 0.333. The second kappa shape index (κ2) is 13.1. The molecule has 0 radical (unpaired) electrons. The predicted molar refractivity (Wildman–Crippen MR) is 146 cm³/mol. The Morgan fingerprint density at radius 1 is 0.925 bits per heavy atom. The highest BCUT2D eigenvalue weighted by atomic mass is 32.2. The van der Waals surface area contributed by atoms with Crippen molar-refractivity contribution in [3.8, 4) is 11.5 Å². The van der Waals surface area contributed by atoms with Crippen LogP contribution in [0.3, 0.4) is 0 Å². The van der Waals surface area contributed by atoms with Crippen molar-refractivity contribution in [3.63, 3.8) is 0 Å². The van der Waals surface area contributed by atoms with E-state index in [1.807, 2.05) is 30.3 Å². The molecule has 0 atom stereocenters. The summed E-state index contributed by atoms with van der Waals surface area (Å²) in [4.78, 5) is 25.2. The minimum absolute atomic E-state index is 0.0311. The number of nitrogens with one attached hydrogen (secondary N) is 1. The normalized spacial score (nSPS) is 14.4. The molecule has 40 heavy (non-hydrogen) atoms. The van der Waals surface area contributed by atoms with Crippen LogP contribution in [0.4, 0.5) is 4.39 Å². The Morgan fingerprint density at radius 2 is 1.60 bits per heavy atom. The quantitative estimate of drug-likeness (QED) is 0.289. The summed E-state index contributed by atoms with van der Waals surface area (Å²) in [5.74, 6) is -0.847. The zero-order chi connectivity index (χ0) is 28.6. The molecule has 212 valence electrons. The van der Waals surface area contributed by atoms with E-state index in [1.54, 1.807) is 6.92 Å². The molecule has 10 heteroatoms. The van der Waals surface area contributed by atoms with Gasteiger partial charge in [0.25, 0.3) is 0 Å². The van der Waals surface area contributed by atoms with E-state index in [1.165, 1.54) is 42.5 Å². The van der Waals surface area contributed by atoms with Crippen molar-refractivity contribution in [3.05, 3.63) is 89.7 Å². The number of esters is 2. The van der Waals surface area contributed by atoms with Crippen molar-refractivity contribution in [2.75, 3.05) is 6.61 Å². The summed E-state index contributed by atoms with van der Waals surface area (Å²) in [7, 11) is -4.22. The zero-order valence-electron chi connectivity index (χ0n) is 22.2. The summed E-state index contributed by atoms with van der Waals surface area (Å²) in [5.41, 5.74) is -0.286. The molecule has 0 saturated heterocycles. The van der Waals surface area contributed by atoms with Crippen LogP contribution < -0.4 is 9.46 Å². The van der Waals surface area contributed by atoms with Crippen LogP contribution in [0.1, 0.15) is 50.2 Å². The minimum Gasteiger partial charge on any atom is -0.466 e. The summed E-state index contributed by atoms with van der Waals surface area (Å²) < 4.78 is 59.8. The summed E-state index contributed by atoms with van der Waals surface area (Å²) in [6.45, 7) is 1.92. The van der Waals surface area contributed by atoms with Crippen LogP contribution in [0, 0.1) is 5.82 Å². The molecule has 0 aromatic heterocycles. The second-order valence-electron chi connectivity index (χ2n) is 9.59. The van der Waals surface area contributed by atoms with Crippen LogP contribution in [0.25, 0.3) is 0 Å². The Labute approximate surface area is 233 Å². The van der Waals surface area contributed by atoms with Gasteiger partial charge in [-0.2, -0.15) is 4.72 Å². The highest BCUT2D eigenvalue weighted by molar-refractivity contribution is 7.89. The fourth-order valence-corrected chi connectivity index (χ4v) is 6.35. The average molecular weight is 570 g/mol. The molecular weight excluding hydrogens is 537 g/mol. The van der Waals surface area contributed by atoms with Gasteiger partial charge >= 0.3 is 11.9 Å². The third-order valence-corrected chi connectivity index (χ3v) is 8.30. The smallest absolute Gasteiger partial charge is 0.327 e. The van der Waals surface area contributed by atoms with Crippen LogP contribution >= 0.6 is 0 Å². The number of halogens is 1. The number of aryl methyl sites for hydroxylation is 1. The third kappa shape index (κ3) is 7.45. The minimum atomic E-state index is -4.22. The molecule has 4 rings (SSSR count). The molecule has 0 bridgehead atoms. The van der Waals surface area contributed by atoms with E-state index >= 15 is 0 Å². The fourth-order valence-electron chi connectivity index (χ4n) is 4.69. The number of hydrogen-bond donors (Lipinski definition) is 1. The van der Waals surface area contributed by atoms with Gasteiger partial charge in [-0.15, -0.1) is 0 Å². The molecule has 0 aliphatic heterocycles. The molecular formula is C30H32FNO7S. The van der Waals surface area contributed by atoms with E-state index in [-0.39, 0.29) is 31.0 Å². The van der Waals surface area contributed by atoms with Gasteiger partial charge in [0, 0.05) is 6.42 Å². The lowest BCUT2D eigenvalue weighted by Crippen LogP contribution is -2.53. The monoisotopic (exact) mass is 569 g/mol. The molecule has 1 aliphatic carbocycles. The maximum absolute atomic E-state index is 13.8. The Balaban J connectivity index is 1.59. The molecule has 0 amide bonds. The van der Waals surface area contributed by atoms with Crippen molar-refractivity contribution < 1.29 is 36.6 Å². The lowest BCUT2D eigenvalue weighted by Gasteiger charge is -2.28. The van der Waals surface area contributed by atoms with Crippen molar-refractivity contribution in [2.45, 2.75) is 62.5 Å². The first-order chi connectivity index (χ1) is 19.2. The average Bonchev–Trinajstić information content (AvgIpc) is 3.41. The molecule has 0 spiro atoms. The van der Waals surface area contributed by atoms with Crippen molar-refractivity contribution in [2.24, 2.45) is 0 Å². The second-order valence-corrected chi connectivity index (χ2v) is 11.2. The first-order valence-corrected chi connectivity index (χ1v) is 14.7. The van der Waals surface area contributed by atoms with E-state index < -0.39 is 33.3 Å². The number of carbonyl (C=O) groups excluding carboxylic acids is 2. The Bertz CT molecular complexity index is 1420. The van der Waals surface area contributed by atoms with E-state index in [0.717, 1.165) is 5.56 Å². The highest BCUT2D eigenvalue weighted by Gasteiger charge is 2.46. The molecule has 3 aromatic rings. The van der Waals surface area contributed by atoms with E-state index in [9.17, 15) is 22.4 Å². The first kappa shape index (κ1) is 29.2. The zero-order valence-corrected chi connectivity index (χ0v) is 23.0. The van der Waals surface area contributed by atoms with E-state index in [0.29, 0.717) is 42.7 Å². The summed E-state index contributed by atoms with van der Waals surface area (Å²) in [5, 5.41) is 0. The lowest BCUT2D eigenvalue weighted by atomic mass is 10.00. The van der Waals surface area contributed by atoms with Crippen LogP contribution in [0.5, 0.6) is 11.5 Å². The number of hydrogen-bond acceptors (Lipinski definition) is 7. The van der Waals surface area contributed by atoms with Gasteiger partial charge < -0.3 is 14.2 Å². The van der Waals surface area contributed by atoms with Gasteiger partial charge in [-0.05, 0) is 79.8 Å². The van der Waals surface area contributed by atoms with Gasteiger partial charge in [-0.25, -0.2) is 12.8 Å². The Kier molecular flexibility index (Phi) is 9.54. The lowest BCUT2D eigenvalue weighted by molar-refractivity contribution is -0.152. The molecule has 1 fully saturated rings. The standard InChI is InChI=1S/C30H32FNO7S/c1-2-37-28(33)17-10-23-20-26(39-25-13-11-24(31)12-14-25)15-16-27(23)40(35,36)32-30(18-6-7-19-30)29(34)38-21-22-8-4-3-5-9-22/h3-5,8-9,11-16,20,32H,2,6-7,10,17-19,21H2,1H3. The number of rotatable bonds is 12. The topological polar surface area (TPSA) is 108 Å². The number of benzene rings is 3. The maximum atomic E-state index is 13.8. The summed E-state index contributed by atoms with van der Waals surface area (Å²) in [6, 6.07) is 18.9. The summed E-state index contributed by atoms with van der Waals surface area (Å²) in [6.07, 6.45) is 1.96. The SMILES string of the molecule is CCOC(=O)CCc1cc(Oc2ccc(F)cc2)ccc1S(=O)(=O)NC1(C(=O)OCc2ccccc2)CCCC1. The number of sulfonamides is 1. The van der Waals surface area contributed by atoms with Crippen molar-refractivity contribution >= 4 is 22.0 Å². The van der Waals surface area contributed by atoms with Crippen LogP contribution in [-0.4, -0.2) is 32.5 Å². The number of carbonyl (C=O) groups is 2. The Hall–Kier alpha value is -3.76. The third-order valence-electron chi connectivity index (χ3n) is 6.66. The van der Waals surface area contributed by atoms with E-state index in [2.05, 4.69) is 4.72 Å². The molecule has 3 aromatic carbocycles. The van der Waals surface area contributed by atoms with Gasteiger partial charge in [0.05, 0.1) is 11.5 Å². The van der Waals surface area contributed by atoms with Gasteiger partial charge in [-0.3, -0.25) is 9.59 Å². The van der Waals surface area contributed by atoms with Crippen molar-refractivity contribution in [1.29, 1.82) is 0 Å². The van der Waals surface area contributed by atoms with Crippen LogP contribution in [0.2, 0.25) is 0 Å². The van der Waals surface area contributed by atoms with Gasteiger partial charge in [0.1, 0.15) is 29.5 Å². The maximum Gasteiger partial charge on any atom is 0.327 e. The molecule has 0 heterocycles. The molecule has 1 N–H and O–H groups in total. The van der Waals surface area contributed by atoms with Gasteiger partial charge in [-0.1, -0.05) is 43.2 Å². The Morgan fingerprint density at radius 3 is 2.27 bits per heavy atom. The highest BCUT2D eigenvalue weighted by Crippen LogP contribution is 2.34. The summed E-state index contributed by atoms with van der Waals surface area (Å²) >= 11 is 0. The predicted octanol–water partition coefficient (Wildman–Crippen LogP) is 5.45. The molecule has 1 aliphatic rings. The largest absolute Gasteiger partial charge is 0.466 e. The van der Waals surface area contributed by atoms with Crippen LogP contribution in [0.15, 0.2) is 77.7 Å². The van der Waals surface area contributed by atoms with Crippen LogP contribution in [-0.2, 0) is 42.1 Å². The molecule has 1 saturated carbocycles. The van der Waals surface area contributed by atoms with Gasteiger partial charge in [0.15, 0.2) is 0 Å². The molecule has 0 unspecified atom stereocenters. The molecule has 8 nitrogen and oxygen atoms in total. The number of ether oxygens (including phenoxy) is 3.